The average Bonchev–Trinajstić information content (AvgIpc) is 2.32. The molecular weight excluding hydrogens is 261 g/mol. The van der Waals surface area contributed by atoms with Gasteiger partial charge in [-0.25, -0.2) is 0 Å². The molecule has 0 aliphatic heterocycles. The molecule has 1 amide bonds. The van der Waals surface area contributed by atoms with E-state index in [2.05, 4.69) is 5.32 Å². The Balaban J connectivity index is 2.86. The van der Waals surface area contributed by atoms with Crippen molar-refractivity contribution < 1.29 is 9.90 Å². The largest absolute Gasteiger partial charge is 0.508 e. The van der Waals surface area contributed by atoms with Crippen LogP contribution in [-0.4, -0.2) is 28.3 Å². The Kier molecular flexibility index (Phi) is 4.66. The van der Waals surface area contributed by atoms with Crippen LogP contribution in [0.25, 0.3) is 0 Å². The van der Waals surface area contributed by atoms with Gasteiger partial charge in [-0.1, -0.05) is 6.07 Å². The smallest absolute Gasteiger partial charge is 0.251 e. The first-order valence-electron chi connectivity index (χ1n) is 5.16. The van der Waals surface area contributed by atoms with E-state index < -0.39 is 5.54 Å². The van der Waals surface area contributed by atoms with Gasteiger partial charge < -0.3 is 10.4 Å². The van der Waals surface area contributed by atoms with Crippen LogP contribution < -0.4 is 5.32 Å². The molecule has 94 valence electrons. The van der Waals surface area contributed by atoms with E-state index in [0.717, 1.165) is 5.56 Å². The molecule has 0 aromatic heterocycles. The van der Waals surface area contributed by atoms with Crippen LogP contribution in [0.2, 0.25) is 0 Å². The molecule has 5 heteroatoms. The number of aromatic hydroxyl groups is 1. The van der Waals surface area contributed by atoms with E-state index in [-0.39, 0.29) is 23.4 Å². The number of hydrogen-bond donors (Lipinski definition) is 2. The molecule has 1 rings (SSSR count). The molecule has 0 heterocycles. The lowest BCUT2D eigenvalue weighted by molar-refractivity contribution is 0.0921. The molecule has 0 atom stereocenters. The molecular formula is C12H15Cl2NO2. The second-order valence-electron chi connectivity index (χ2n) is 4.28. The molecule has 0 saturated heterocycles. The first kappa shape index (κ1) is 14.1. The number of benzene rings is 1. The number of carbonyl (C=O) groups is 1. The normalized spacial score (nSPS) is 11.3. The Morgan fingerprint density at radius 2 is 2.00 bits per heavy atom. The second-order valence-corrected chi connectivity index (χ2v) is 4.82. The van der Waals surface area contributed by atoms with Crippen LogP contribution in [0.4, 0.5) is 0 Å². The SMILES string of the molecule is Cc1ccc(C(=O)NC(C)(CCl)CCl)cc1O. The maximum atomic E-state index is 11.9. The Bertz CT molecular complexity index is 417. The van der Waals surface area contributed by atoms with E-state index in [0.29, 0.717) is 5.56 Å². The van der Waals surface area contributed by atoms with Gasteiger partial charge in [-0.3, -0.25) is 4.79 Å². The zero-order valence-electron chi connectivity index (χ0n) is 9.76. The van der Waals surface area contributed by atoms with E-state index in [1.165, 1.54) is 6.07 Å². The standard InChI is InChI=1S/C12H15Cl2NO2/c1-8-3-4-9(5-10(8)16)11(17)15-12(2,6-13)7-14/h3-5,16H,6-7H2,1-2H3,(H,15,17). The predicted octanol–water partition coefficient (Wildman–Crippen LogP) is 2.67. The number of hydrogen-bond acceptors (Lipinski definition) is 2. The minimum atomic E-state index is -0.652. The number of phenolic OH excluding ortho intramolecular Hbond substituents is 1. The van der Waals surface area contributed by atoms with Gasteiger partial charge in [0.25, 0.3) is 5.91 Å². The summed E-state index contributed by atoms with van der Waals surface area (Å²) < 4.78 is 0. The van der Waals surface area contributed by atoms with E-state index in [1.807, 2.05) is 0 Å². The van der Waals surface area contributed by atoms with Gasteiger partial charge in [0, 0.05) is 17.3 Å². The highest BCUT2D eigenvalue weighted by molar-refractivity contribution is 6.22. The van der Waals surface area contributed by atoms with Crippen molar-refractivity contribution in [2.75, 3.05) is 11.8 Å². The Morgan fingerprint density at radius 3 is 2.47 bits per heavy atom. The minimum absolute atomic E-state index is 0.0936. The zero-order valence-corrected chi connectivity index (χ0v) is 11.3. The molecule has 0 aliphatic carbocycles. The van der Waals surface area contributed by atoms with Crippen molar-refractivity contribution in [3.63, 3.8) is 0 Å². The molecule has 17 heavy (non-hydrogen) atoms. The van der Waals surface area contributed by atoms with Crippen LogP contribution in [0.5, 0.6) is 5.75 Å². The lowest BCUT2D eigenvalue weighted by Gasteiger charge is -2.25. The summed E-state index contributed by atoms with van der Waals surface area (Å²) in [6.07, 6.45) is 0. The number of carbonyl (C=O) groups excluding carboxylic acids is 1. The number of rotatable bonds is 4. The number of halogens is 2. The number of alkyl halides is 2. The van der Waals surface area contributed by atoms with Crippen LogP contribution in [-0.2, 0) is 0 Å². The first-order valence-corrected chi connectivity index (χ1v) is 6.23. The van der Waals surface area contributed by atoms with Crippen molar-refractivity contribution in [2.24, 2.45) is 0 Å². The molecule has 0 spiro atoms. The number of amides is 1. The summed E-state index contributed by atoms with van der Waals surface area (Å²) in [6.45, 7) is 3.53. The third-order valence-electron chi connectivity index (χ3n) is 2.48. The van der Waals surface area contributed by atoms with Gasteiger partial charge in [-0.15, -0.1) is 23.2 Å². The van der Waals surface area contributed by atoms with Crippen molar-refractivity contribution in [1.82, 2.24) is 5.32 Å². The fraction of sp³-hybridized carbons (Fsp3) is 0.417. The van der Waals surface area contributed by atoms with E-state index >= 15 is 0 Å². The molecule has 3 nitrogen and oxygen atoms in total. The highest BCUT2D eigenvalue weighted by atomic mass is 35.5. The van der Waals surface area contributed by atoms with Crippen LogP contribution in [0, 0.1) is 6.92 Å². The van der Waals surface area contributed by atoms with Crippen molar-refractivity contribution in [3.8, 4) is 5.75 Å². The monoisotopic (exact) mass is 275 g/mol. The van der Waals surface area contributed by atoms with Gasteiger partial charge in [0.15, 0.2) is 0 Å². The fourth-order valence-electron chi connectivity index (χ4n) is 1.20. The third kappa shape index (κ3) is 3.51. The molecule has 0 unspecified atom stereocenters. The second kappa shape index (κ2) is 5.61. The number of aryl methyl sites for hydroxylation is 1. The minimum Gasteiger partial charge on any atom is -0.508 e. The quantitative estimate of drug-likeness (QED) is 0.831. The Morgan fingerprint density at radius 1 is 1.41 bits per heavy atom. The molecule has 0 bridgehead atoms. The van der Waals surface area contributed by atoms with Gasteiger partial charge >= 0.3 is 0 Å². The summed E-state index contributed by atoms with van der Waals surface area (Å²) in [5, 5.41) is 12.3. The molecule has 0 fully saturated rings. The summed E-state index contributed by atoms with van der Waals surface area (Å²) in [4.78, 5) is 11.9. The average molecular weight is 276 g/mol. The highest BCUT2D eigenvalue weighted by Gasteiger charge is 2.25. The summed E-state index contributed by atoms with van der Waals surface area (Å²) in [5.74, 6) is 0.236. The van der Waals surface area contributed by atoms with Crippen LogP contribution in [0.15, 0.2) is 18.2 Å². The molecule has 0 radical (unpaired) electrons. The summed E-state index contributed by atoms with van der Waals surface area (Å²) in [5.41, 5.74) is 0.453. The maximum absolute atomic E-state index is 11.9. The number of phenols is 1. The van der Waals surface area contributed by atoms with Crippen molar-refractivity contribution in [3.05, 3.63) is 29.3 Å². The molecule has 2 N–H and O–H groups in total. The maximum Gasteiger partial charge on any atom is 0.251 e. The van der Waals surface area contributed by atoms with Gasteiger partial charge in [-0.2, -0.15) is 0 Å². The first-order chi connectivity index (χ1) is 7.91. The van der Waals surface area contributed by atoms with Crippen molar-refractivity contribution in [2.45, 2.75) is 19.4 Å². The van der Waals surface area contributed by atoms with E-state index in [1.54, 1.807) is 26.0 Å². The lowest BCUT2D eigenvalue weighted by Crippen LogP contribution is -2.49. The topological polar surface area (TPSA) is 49.3 Å². The van der Waals surface area contributed by atoms with Crippen molar-refractivity contribution >= 4 is 29.1 Å². The van der Waals surface area contributed by atoms with Crippen LogP contribution in [0.3, 0.4) is 0 Å². The zero-order chi connectivity index (χ0) is 13.1. The predicted molar refractivity (Wildman–Crippen MR) is 70.2 cm³/mol. The third-order valence-corrected chi connectivity index (χ3v) is 3.66. The fourth-order valence-corrected chi connectivity index (χ4v) is 1.62. The van der Waals surface area contributed by atoms with Gasteiger partial charge in [0.2, 0.25) is 0 Å². The van der Waals surface area contributed by atoms with Gasteiger partial charge in [0.05, 0.1) is 5.54 Å². The lowest BCUT2D eigenvalue weighted by atomic mass is 10.1. The van der Waals surface area contributed by atoms with Gasteiger partial charge in [-0.05, 0) is 31.5 Å². The number of nitrogens with one attached hydrogen (secondary N) is 1. The summed E-state index contributed by atoms with van der Waals surface area (Å²) in [7, 11) is 0. The highest BCUT2D eigenvalue weighted by Crippen LogP contribution is 2.18. The molecule has 1 aromatic rings. The van der Waals surface area contributed by atoms with E-state index in [9.17, 15) is 9.90 Å². The van der Waals surface area contributed by atoms with E-state index in [4.69, 9.17) is 23.2 Å². The Hall–Kier alpha value is -0.930. The Labute approximate surface area is 111 Å². The van der Waals surface area contributed by atoms with Crippen LogP contribution >= 0.6 is 23.2 Å². The molecule has 0 aliphatic rings. The molecule has 0 saturated carbocycles. The van der Waals surface area contributed by atoms with Crippen LogP contribution in [0.1, 0.15) is 22.8 Å². The summed E-state index contributed by atoms with van der Waals surface area (Å²) >= 11 is 11.5. The molecule has 1 aromatic carbocycles. The van der Waals surface area contributed by atoms with Crippen molar-refractivity contribution in [1.29, 1.82) is 0 Å². The van der Waals surface area contributed by atoms with Gasteiger partial charge in [0.1, 0.15) is 5.75 Å². The summed E-state index contributed by atoms with van der Waals surface area (Å²) in [6, 6.07) is 4.75.